The summed E-state index contributed by atoms with van der Waals surface area (Å²) in [4.78, 5) is 23.4. The van der Waals surface area contributed by atoms with Gasteiger partial charge in [0.05, 0.1) is 6.21 Å². The number of hydrogen-bond donors (Lipinski definition) is 4. The molecule has 0 unspecified atom stereocenters. The highest BCUT2D eigenvalue weighted by molar-refractivity contribution is 6.14. The number of nitrogens with zero attached hydrogens (tertiary/aromatic N) is 1. The van der Waals surface area contributed by atoms with Crippen LogP contribution in [0.15, 0.2) is 36.0 Å². The van der Waals surface area contributed by atoms with Crippen LogP contribution < -0.4 is 22.2 Å². The summed E-state index contributed by atoms with van der Waals surface area (Å²) in [7, 11) is 0. The van der Waals surface area contributed by atoms with Gasteiger partial charge in [0.1, 0.15) is 0 Å². The second kappa shape index (κ2) is 8.79. The molecule has 132 valence electrons. The fraction of sp³-hybridized carbons (Fsp3) is 0.278. The summed E-state index contributed by atoms with van der Waals surface area (Å²) in [5, 5.41) is 9.39. The van der Waals surface area contributed by atoms with Gasteiger partial charge in [-0.1, -0.05) is 12.7 Å². The lowest BCUT2D eigenvalue weighted by atomic mass is 9.97. The van der Waals surface area contributed by atoms with Crippen molar-refractivity contribution in [2.75, 3.05) is 24.1 Å². The van der Waals surface area contributed by atoms with Gasteiger partial charge in [-0.25, -0.2) is 0 Å². The summed E-state index contributed by atoms with van der Waals surface area (Å²) in [6, 6.07) is 3.12. The van der Waals surface area contributed by atoms with Crippen LogP contribution in [0.2, 0.25) is 0 Å². The highest BCUT2D eigenvalue weighted by Gasteiger charge is 2.13. The monoisotopic (exact) mass is 341 g/mol. The number of aldehydes is 1. The van der Waals surface area contributed by atoms with Crippen molar-refractivity contribution in [2.24, 2.45) is 16.9 Å². The van der Waals surface area contributed by atoms with Crippen molar-refractivity contribution < 1.29 is 9.59 Å². The SMILES string of the molecule is C=C(/C=N\N)c1c(N)cc(NC(=O)/C=C/C2CCNCC2)cc1C=O. The molecule has 1 aromatic carbocycles. The maximum atomic E-state index is 12.1. The lowest BCUT2D eigenvalue weighted by molar-refractivity contribution is -0.111. The topological polar surface area (TPSA) is 123 Å². The smallest absolute Gasteiger partial charge is 0.248 e. The lowest BCUT2D eigenvalue weighted by Gasteiger charge is -2.19. The lowest BCUT2D eigenvalue weighted by Crippen LogP contribution is -2.26. The van der Waals surface area contributed by atoms with Gasteiger partial charge in [0.25, 0.3) is 0 Å². The van der Waals surface area contributed by atoms with Crippen molar-refractivity contribution in [3.8, 4) is 0 Å². The van der Waals surface area contributed by atoms with Gasteiger partial charge in [-0.2, -0.15) is 5.10 Å². The van der Waals surface area contributed by atoms with Gasteiger partial charge < -0.3 is 22.2 Å². The Bertz CT molecular complexity index is 718. The van der Waals surface area contributed by atoms with Gasteiger partial charge in [0.2, 0.25) is 5.91 Å². The summed E-state index contributed by atoms with van der Waals surface area (Å²) in [5.41, 5.74) is 7.94. The van der Waals surface area contributed by atoms with Gasteiger partial charge in [-0.15, -0.1) is 0 Å². The minimum Gasteiger partial charge on any atom is -0.398 e. The van der Waals surface area contributed by atoms with Crippen molar-refractivity contribution in [3.05, 3.63) is 42.0 Å². The van der Waals surface area contributed by atoms with E-state index in [-0.39, 0.29) is 5.91 Å². The summed E-state index contributed by atoms with van der Waals surface area (Å²) in [6.07, 6.45) is 7.46. The number of hydrazone groups is 1. The molecule has 2 rings (SSSR count). The Labute approximate surface area is 146 Å². The molecule has 0 radical (unpaired) electrons. The number of benzene rings is 1. The molecule has 1 fully saturated rings. The fourth-order valence-electron chi connectivity index (χ4n) is 2.82. The number of anilines is 2. The number of amides is 1. The first-order valence-electron chi connectivity index (χ1n) is 8.06. The summed E-state index contributed by atoms with van der Waals surface area (Å²) >= 11 is 0. The Balaban J connectivity index is 2.12. The number of carbonyl (C=O) groups excluding carboxylic acids is 2. The molecule has 0 atom stereocenters. The van der Waals surface area contributed by atoms with Crippen LogP contribution in [-0.2, 0) is 4.79 Å². The van der Waals surface area contributed by atoms with E-state index in [9.17, 15) is 9.59 Å². The number of hydrogen-bond acceptors (Lipinski definition) is 6. The van der Waals surface area contributed by atoms with E-state index < -0.39 is 0 Å². The average Bonchev–Trinajstić information content (AvgIpc) is 2.60. The molecule has 1 saturated heterocycles. The predicted molar refractivity (Wildman–Crippen MR) is 101 cm³/mol. The Morgan fingerprint density at radius 2 is 2.08 bits per heavy atom. The van der Waals surface area contributed by atoms with Crippen LogP contribution in [0.4, 0.5) is 11.4 Å². The molecule has 7 heteroatoms. The van der Waals surface area contributed by atoms with Crippen LogP contribution in [0, 0.1) is 5.92 Å². The highest BCUT2D eigenvalue weighted by Crippen LogP contribution is 2.27. The molecule has 0 bridgehead atoms. The van der Waals surface area contributed by atoms with Crippen molar-refractivity contribution in [3.63, 3.8) is 0 Å². The summed E-state index contributed by atoms with van der Waals surface area (Å²) in [5.74, 6) is 5.26. The first kappa shape index (κ1) is 18.4. The molecule has 1 amide bonds. The van der Waals surface area contributed by atoms with Gasteiger partial charge in [0.15, 0.2) is 6.29 Å². The molecule has 25 heavy (non-hydrogen) atoms. The molecule has 1 aliphatic rings. The van der Waals surface area contributed by atoms with E-state index in [1.165, 1.54) is 12.3 Å². The number of nitrogen functional groups attached to an aromatic ring is 1. The zero-order valence-electron chi connectivity index (χ0n) is 14.0. The normalized spacial score (nSPS) is 15.5. The standard InChI is InChI=1S/C18H23N5O2/c1-12(10-22-20)18-14(11-24)8-15(9-16(18)19)23-17(25)3-2-13-4-6-21-7-5-13/h2-3,8-11,13,21H,1,4-7,19-20H2,(H,23,25)/b3-2+,22-10-. The Morgan fingerprint density at radius 3 is 2.72 bits per heavy atom. The number of allylic oxidation sites excluding steroid dienone is 2. The molecular formula is C18H23N5O2. The molecule has 0 saturated carbocycles. The zero-order valence-corrected chi connectivity index (χ0v) is 14.0. The third-order valence-corrected chi connectivity index (χ3v) is 4.05. The van der Waals surface area contributed by atoms with E-state index in [0.717, 1.165) is 25.9 Å². The average molecular weight is 341 g/mol. The molecule has 7 nitrogen and oxygen atoms in total. The molecule has 1 aliphatic heterocycles. The Hall–Kier alpha value is -2.93. The van der Waals surface area contributed by atoms with E-state index in [1.807, 2.05) is 6.08 Å². The van der Waals surface area contributed by atoms with Crippen molar-refractivity contribution >= 4 is 35.4 Å². The van der Waals surface area contributed by atoms with Crippen molar-refractivity contribution in [1.82, 2.24) is 5.32 Å². The van der Waals surface area contributed by atoms with Crippen LogP contribution in [0.3, 0.4) is 0 Å². The first-order valence-corrected chi connectivity index (χ1v) is 8.06. The molecule has 1 heterocycles. The molecule has 0 aromatic heterocycles. The van der Waals surface area contributed by atoms with E-state index in [1.54, 1.807) is 12.1 Å². The molecular weight excluding hydrogens is 318 g/mol. The number of rotatable bonds is 6. The van der Waals surface area contributed by atoms with Crippen molar-refractivity contribution in [2.45, 2.75) is 12.8 Å². The number of carbonyl (C=O) groups is 2. The Kier molecular flexibility index (Phi) is 6.47. The maximum absolute atomic E-state index is 12.1. The van der Waals surface area contributed by atoms with Crippen molar-refractivity contribution in [1.29, 1.82) is 0 Å². The van der Waals surface area contributed by atoms with Gasteiger partial charge in [-0.05, 0) is 55.6 Å². The van der Waals surface area contributed by atoms with Gasteiger partial charge in [0, 0.05) is 22.5 Å². The van der Waals surface area contributed by atoms with E-state index in [4.69, 9.17) is 11.6 Å². The summed E-state index contributed by atoms with van der Waals surface area (Å²) in [6.45, 7) is 5.72. The second-order valence-corrected chi connectivity index (χ2v) is 5.89. The van der Waals surface area contributed by atoms with Crippen LogP contribution in [0.25, 0.3) is 5.57 Å². The fourth-order valence-corrected chi connectivity index (χ4v) is 2.82. The Morgan fingerprint density at radius 1 is 1.36 bits per heavy atom. The zero-order chi connectivity index (χ0) is 18.2. The minimum absolute atomic E-state index is 0.259. The predicted octanol–water partition coefficient (Wildman–Crippen LogP) is 1.53. The van der Waals surface area contributed by atoms with Crippen LogP contribution in [0.5, 0.6) is 0 Å². The molecule has 0 aliphatic carbocycles. The van der Waals surface area contributed by atoms with E-state index in [0.29, 0.717) is 40.3 Å². The highest BCUT2D eigenvalue weighted by atomic mass is 16.1. The maximum Gasteiger partial charge on any atom is 0.248 e. The van der Waals surface area contributed by atoms with E-state index in [2.05, 4.69) is 22.3 Å². The largest absolute Gasteiger partial charge is 0.398 e. The molecule has 6 N–H and O–H groups in total. The van der Waals surface area contributed by atoms with E-state index >= 15 is 0 Å². The molecule has 1 aromatic rings. The van der Waals surface area contributed by atoms with Gasteiger partial charge in [-0.3, -0.25) is 9.59 Å². The third-order valence-electron chi connectivity index (χ3n) is 4.05. The van der Waals surface area contributed by atoms with Crippen LogP contribution in [0.1, 0.15) is 28.8 Å². The number of nitrogens with one attached hydrogen (secondary N) is 2. The minimum atomic E-state index is -0.259. The second-order valence-electron chi connectivity index (χ2n) is 5.89. The summed E-state index contributed by atoms with van der Waals surface area (Å²) < 4.78 is 0. The van der Waals surface area contributed by atoms with Gasteiger partial charge >= 0.3 is 0 Å². The van der Waals surface area contributed by atoms with Crippen LogP contribution in [-0.4, -0.2) is 31.5 Å². The van der Waals surface area contributed by atoms with Crippen LogP contribution >= 0.6 is 0 Å². The first-order chi connectivity index (χ1) is 12.0. The number of piperidine rings is 1. The number of nitrogens with two attached hydrogens (primary N) is 2. The third kappa shape index (κ3) is 5.02. The molecule has 0 spiro atoms. The quantitative estimate of drug-likeness (QED) is 0.156.